The molecule has 2 aromatic rings. The van der Waals surface area contributed by atoms with Crippen LogP contribution < -0.4 is 10.6 Å². The van der Waals surface area contributed by atoms with Crippen molar-refractivity contribution in [2.45, 2.75) is 0 Å². The molecule has 2 N–H and O–H groups in total. The number of ether oxygens (including phenoxy) is 1. The highest BCUT2D eigenvalue weighted by atomic mass is 16.5. The van der Waals surface area contributed by atoms with Crippen LogP contribution in [0.1, 0.15) is 10.4 Å². The number of hydrogen-bond acceptors (Lipinski definition) is 3. The summed E-state index contributed by atoms with van der Waals surface area (Å²) in [4.78, 5) is 23.4. The van der Waals surface area contributed by atoms with E-state index in [9.17, 15) is 9.59 Å². The second-order valence-corrected chi connectivity index (χ2v) is 4.38. The van der Waals surface area contributed by atoms with Gasteiger partial charge in [0.2, 0.25) is 5.91 Å². The average Bonchev–Trinajstić information content (AvgIpc) is 2.49. The normalized spacial score (nSPS) is 9.95. The lowest BCUT2D eigenvalue weighted by molar-refractivity contribution is -0.119. The highest BCUT2D eigenvalue weighted by molar-refractivity contribution is 6.04. The highest BCUT2D eigenvalue weighted by Crippen LogP contribution is 2.12. The molecule has 0 aliphatic heterocycles. The van der Waals surface area contributed by atoms with Gasteiger partial charge in [-0.05, 0) is 36.4 Å². The topological polar surface area (TPSA) is 67.4 Å². The van der Waals surface area contributed by atoms with E-state index >= 15 is 0 Å². The summed E-state index contributed by atoms with van der Waals surface area (Å²) in [6.45, 7) is -0.00373. The molecule has 108 valence electrons. The number of methoxy groups -OCH3 is 1. The van der Waals surface area contributed by atoms with Gasteiger partial charge in [0.05, 0.1) is 0 Å². The zero-order chi connectivity index (χ0) is 15.1. The molecule has 0 atom stereocenters. The number of carbonyl (C=O) groups excluding carboxylic acids is 2. The lowest BCUT2D eigenvalue weighted by Crippen LogP contribution is -2.17. The van der Waals surface area contributed by atoms with Crippen molar-refractivity contribution in [3.05, 3.63) is 60.2 Å². The number of amides is 2. The van der Waals surface area contributed by atoms with Crippen LogP contribution >= 0.6 is 0 Å². The van der Waals surface area contributed by atoms with Crippen LogP contribution in [0.2, 0.25) is 0 Å². The lowest BCUT2D eigenvalue weighted by Gasteiger charge is -2.07. The molecule has 0 aliphatic rings. The van der Waals surface area contributed by atoms with Gasteiger partial charge in [0.15, 0.2) is 0 Å². The van der Waals surface area contributed by atoms with Gasteiger partial charge in [-0.15, -0.1) is 0 Å². The number of hydrogen-bond donors (Lipinski definition) is 2. The Morgan fingerprint density at radius 2 is 1.52 bits per heavy atom. The molecule has 21 heavy (non-hydrogen) atoms. The Labute approximate surface area is 122 Å². The predicted molar refractivity (Wildman–Crippen MR) is 81.3 cm³/mol. The minimum Gasteiger partial charge on any atom is -0.375 e. The van der Waals surface area contributed by atoms with Gasteiger partial charge in [0.25, 0.3) is 5.91 Å². The average molecular weight is 284 g/mol. The Hall–Kier alpha value is -2.66. The Morgan fingerprint density at radius 3 is 2.14 bits per heavy atom. The molecule has 0 aromatic heterocycles. The third-order valence-corrected chi connectivity index (χ3v) is 2.74. The van der Waals surface area contributed by atoms with E-state index in [0.717, 1.165) is 5.69 Å². The van der Waals surface area contributed by atoms with Crippen LogP contribution in [0.25, 0.3) is 0 Å². The van der Waals surface area contributed by atoms with E-state index in [4.69, 9.17) is 4.74 Å². The van der Waals surface area contributed by atoms with Gasteiger partial charge in [-0.1, -0.05) is 18.2 Å². The summed E-state index contributed by atoms with van der Waals surface area (Å²) in [5, 5.41) is 5.46. The number of nitrogens with one attached hydrogen (secondary N) is 2. The van der Waals surface area contributed by atoms with E-state index in [2.05, 4.69) is 10.6 Å². The Morgan fingerprint density at radius 1 is 0.905 bits per heavy atom. The van der Waals surface area contributed by atoms with Gasteiger partial charge >= 0.3 is 0 Å². The standard InChI is InChI=1S/C16H16N2O3/c1-21-11-15(19)17-14-9-7-12(8-10-14)16(20)18-13-5-3-2-4-6-13/h2-10H,11H2,1H3,(H,17,19)(H,18,20). The summed E-state index contributed by atoms with van der Waals surface area (Å²) in [6.07, 6.45) is 0. The van der Waals surface area contributed by atoms with Gasteiger partial charge < -0.3 is 15.4 Å². The van der Waals surface area contributed by atoms with E-state index < -0.39 is 0 Å². The maximum Gasteiger partial charge on any atom is 0.255 e. The monoisotopic (exact) mass is 284 g/mol. The predicted octanol–water partition coefficient (Wildman–Crippen LogP) is 2.52. The van der Waals surface area contributed by atoms with Crippen LogP contribution in [0.5, 0.6) is 0 Å². The van der Waals surface area contributed by atoms with Gasteiger partial charge in [0, 0.05) is 24.0 Å². The highest BCUT2D eigenvalue weighted by Gasteiger charge is 2.06. The molecular formula is C16H16N2O3. The molecule has 0 fully saturated rings. The van der Waals surface area contributed by atoms with Crippen LogP contribution in [0, 0.1) is 0 Å². The molecule has 0 heterocycles. The van der Waals surface area contributed by atoms with Crippen LogP contribution in [0.3, 0.4) is 0 Å². The lowest BCUT2D eigenvalue weighted by atomic mass is 10.2. The van der Waals surface area contributed by atoms with Gasteiger partial charge in [-0.3, -0.25) is 9.59 Å². The SMILES string of the molecule is COCC(=O)Nc1ccc(C(=O)Nc2ccccc2)cc1. The fourth-order valence-corrected chi connectivity index (χ4v) is 1.76. The van der Waals surface area contributed by atoms with E-state index in [1.165, 1.54) is 7.11 Å². The smallest absolute Gasteiger partial charge is 0.255 e. The van der Waals surface area contributed by atoms with Crippen molar-refractivity contribution < 1.29 is 14.3 Å². The van der Waals surface area contributed by atoms with Crippen molar-refractivity contribution in [3.63, 3.8) is 0 Å². The van der Waals surface area contributed by atoms with Gasteiger partial charge in [0.1, 0.15) is 6.61 Å². The molecule has 0 bridgehead atoms. The number of para-hydroxylation sites is 1. The molecule has 2 amide bonds. The fourth-order valence-electron chi connectivity index (χ4n) is 1.76. The third-order valence-electron chi connectivity index (χ3n) is 2.74. The van der Waals surface area contributed by atoms with E-state index in [1.807, 2.05) is 30.3 Å². The minimum atomic E-state index is -0.237. The number of carbonyl (C=O) groups is 2. The molecule has 2 rings (SSSR count). The zero-order valence-corrected chi connectivity index (χ0v) is 11.6. The van der Waals surface area contributed by atoms with Crippen LogP contribution in [0.15, 0.2) is 54.6 Å². The molecule has 0 saturated carbocycles. The third kappa shape index (κ3) is 4.43. The number of anilines is 2. The summed E-state index contributed by atoms with van der Waals surface area (Å²) < 4.78 is 4.73. The molecule has 0 spiro atoms. The first-order valence-electron chi connectivity index (χ1n) is 6.44. The van der Waals surface area contributed by atoms with E-state index in [-0.39, 0.29) is 18.4 Å². The second-order valence-electron chi connectivity index (χ2n) is 4.38. The van der Waals surface area contributed by atoms with Gasteiger partial charge in [-0.25, -0.2) is 0 Å². The summed E-state index contributed by atoms with van der Waals surface area (Å²) in [5.41, 5.74) is 1.87. The van der Waals surface area contributed by atoms with Crippen molar-refractivity contribution in [2.75, 3.05) is 24.4 Å². The van der Waals surface area contributed by atoms with E-state index in [0.29, 0.717) is 11.3 Å². The fraction of sp³-hybridized carbons (Fsp3) is 0.125. The number of benzene rings is 2. The Bertz CT molecular complexity index is 609. The quantitative estimate of drug-likeness (QED) is 0.886. The molecule has 0 unspecified atom stereocenters. The van der Waals surface area contributed by atoms with Crippen LogP contribution in [-0.4, -0.2) is 25.5 Å². The number of rotatable bonds is 5. The summed E-state index contributed by atoms with van der Waals surface area (Å²) in [6, 6.07) is 15.9. The van der Waals surface area contributed by atoms with Crippen molar-refractivity contribution >= 4 is 23.2 Å². The van der Waals surface area contributed by atoms with Gasteiger partial charge in [-0.2, -0.15) is 0 Å². The summed E-state index contributed by atoms with van der Waals surface area (Å²) in [7, 11) is 1.45. The summed E-state index contributed by atoms with van der Waals surface area (Å²) >= 11 is 0. The van der Waals surface area contributed by atoms with Crippen LogP contribution in [-0.2, 0) is 9.53 Å². The Kier molecular flexibility index (Phi) is 5.06. The largest absolute Gasteiger partial charge is 0.375 e. The first-order chi connectivity index (χ1) is 10.2. The maximum atomic E-state index is 12.0. The molecular weight excluding hydrogens is 268 g/mol. The van der Waals surface area contributed by atoms with Crippen LogP contribution in [0.4, 0.5) is 11.4 Å². The Balaban J connectivity index is 1.98. The molecule has 2 aromatic carbocycles. The maximum absolute atomic E-state index is 12.0. The first-order valence-corrected chi connectivity index (χ1v) is 6.44. The van der Waals surface area contributed by atoms with Crippen molar-refractivity contribution in [1.29, 1.82) is 0 Å². The zero-order valence-electron chi connectivity index (χ0n) is 11.6. The molecule has 5 nitrogen and oxygen atoms in total. The van der Waals surface area contributed by atoms with Crippen molar-refractivity contribution in [3.8, 4) is 0 Å². The molecule has 0 aliphatic carbocycles. The van der Waals surface area contributed by atoms with Crippen molar-refractivity contribution in [2.24, 2.45) is 0 Å². The minimum absolute atomic E-state index is 0.00373. The van der Waals surface area contributed by atoms with Crippen molar-refractivity contribution in [1.82, 2.24) is 0 Å². The second kappa shape index (κ2) is 7.21. The van der Waals surface area contributed by atoms with E-state index in [1.54, 1.807) is 24.3 Å². The molecule has 0 saturated heterocycles. The molecule has 5 heteroatoms. The molecule has 0 radical (unpaired) electrons. The summed E-state index contributed by atoms with van der Waals surface area (Å²) in [5.74, 6) is -0.435. The first kappa shape index (κ1) is 14.7.